The molecule has 1 aromatic rings. The van der Waals surface area contributed by atoms with E-state index in [1.165, 1.54) is 5.57 Å². The van der Waals surface area contributed by atoms with Gasteiger partial charge in [-0.15, -0.1) is 0 Å². The second-order valence-electron chi connectivity index (χ2n) is 6.64. The maximum Gasteiger partial charge on any atom is 0.220 e. The number of amides is 1. The molecule has 0 aliphatic carbocycles. The van der Waals surface area contributed by atoms with Crippen LogP contribution in [0.1, 0.15) is 38.7 Å². The summed E-state index contributed by atoms with van der Waals surface area (Å²) in [6, 6.07) is 5.83. The number of hydrogen-bond donors (Lipinski definition) is 1. The first kappa shape index (κ1) is 19.3. The molecule has 3 nitrogen and oxygen atoms in total. The normalized spacial score (nSPS) is 16.0. The third kappa shape index (κ3) is 6.12. The van der Waals surface area contributed by atoms with Crippen LogP contribution in [0.4, 0.5) is 0 Å². The Morgan fingerprint density at radius 1 is 1.29 bits per heavy atom. The van der Waals surface area contributed by atoms with Crippen molar-refractivity contribution < 1.29 is 4.79 Å². The maximum atomic E-state index is 12.2. The summed E-state index contributed by atoms with van der Waals surface area (Å²) in [5.74, 6) is 0.0915. The summed E-state index contributed by atoms with van der Waals surface area (Å²) < 4.78 is 0. The van der Waals surface area contributed by atoms with Gasteiger partial charge in [0.15, 0.2) is 0 Å². The first-order valence-corrected chi connectivity index (χ1v) is 9.29. The number of carbonyl (C=O) groups is 1. The lowest BCUT2D eigenvalue weighted by Crippen LogP contribution is -2.44. The number of rotatable bonds is 6. The zero-order chi connectivity index (χ0) is 17.5. The summed E-state index contributed by atoms with van der Waals surface area (Å²) in [6.07, 6.45) is 5.34. The molecule has 0 saturated carbocycles. The van der Waals surface area contributed by atoms with Crippen molar-refractivity contribution in [3.63, 3.8) is 0 Å². The van der Waals surface area contributed by atoms with Gasteiger partial charge in [-0.25, -0.2) is 0 Å². The molecular formula is C19H26Cl2N2O. The number of nitrogens with one attached hydrogen (secondary N) is 1. The van der Waals surface area contributed by atoms with Gasteiger partial charge in [0.1, 0.15) is 0 Å². The summed E-state index contributed by atoms with van der Waals surface area (Å²) in [7, 11) is 0. The van der Waals surface area contributed by atoms with Crippen LogP contribution in [-0.4, -0.2) is 36.5 Å². The number of hydrogen-bond acceptors (Lipinski definition) is 2. The van der Waals surface area contributed by atoms with E-state index >= 15 is 0 Å². The number of likely N-dealkylation sites (tertiary alicyclic amines) is 1. The Hall–Kier alpha value is -1.03. The molecule has 1 heterocycles. The van der Waals surface area contributed by atoms with E-state index in [0.29, 0.717) is 22.9 Å². The summed E-state index contributed by atoms with van der Waals surface area (Å²) in [5, 5.41) is 4.25. The Bertz CT molecular complexity index is 589. The van der Waals surface area contributed by atoms with Gasteiger partial charge in [0, 0.05) is 32.1 Å². The standard InChI is InChI=1S/C19H26Cl2N2O/c1-14(2)8-11-23-12-9-16(10-13-23)22-18(24)7-6-15-4-3-5-17(20)19(15)21/h3-5,8,16H,6-7,9-13H2,1-2H3,(H,22,24). The van der Waals surface area contributed by atoms with Crippen molar-refractivity contribution in [3.8, 4) is 0 Å². The van der Waals surface area contributed by atoms with Crippen molar-refractivity contribution in [2.24, 2.45) is 0 Å². The number of aryl methyl sites for hydroxylation is 1. The Morgan fingerprint density at radius 3 is 2.67 bits per heavy atom. The van der Waals surface area contributed by atoms with Crippen molar-refractivity contribution in [2.45, 2.75) is 45.6 Å². The molecule has 0 bridgehead atoms. The third-order valence-electron chi connectivity index (χ3n) is 4.36. The molecule has 1 N–H and O–H groups in total. The molecular weight excluding hydrogens is 343 g/mol. The highest BCUT2D eigenvalue weighted by molar-refractivity contribution is 6.42. The molecule has 1 fully saturated rings. The van der Waals surface area contributed by atoms with Crippen LogP contribution in [0.3, 0.4) is 0 Å². The minimum Gasteiger partial charge on any atom is -0.353 e. The lowest BCUT2D eigenvalue weighted by Gasteiger charge is -2.31. The van der Waals surface area contributed by atoms with Crippen LogP contribution in [0.2, 0.25) is 10.0 Å². The average molecular weight is 369 g/mol. The minimum atomic E-state index is 0.0915. The average Bonchev–Trinajstić information content (AvgIpc) is 2.55. The van der Waals surface area contributed by atoms with Gasteiger partial charge in [-0.2, -0.15) is 0 Å². The molecule has 1 amide bonds. The number of carbonyl (C=O) groups excluding carboxylic acids is 1. The molecule has 0 atom stereocenters. The lowest BCUT2D eigenvalue weighted by atomic mass is 10.0. The smallest absolute Gasteiger partial charge is 0.220 e. The highest BCUT2D eigenvalue weighted by Crippen LogP contribution is 2.26. The number of nitrogens with zero attached hydrogens (tertiary/aromatic N) is 1. The van der Waals surface area contributed by atoms with Gasteiger partial charge in [0.25, 0.3) is 0 Å². The van der Waals surface area contributed by atoms with Gasteiger partial charge < -0.3 is 5.32 Å². The molecule has 0 spiro atoms. The predicted octanol–water partition coefficient (Wildman–Crippen LogP) is 4.47. The van der Waals surface area contributed by atoms with E-state index in [4.69, 9.17) is 23.2 Å². The van der Waals surface area contributed by atoms with Gasteiger partial charge in [0.05, 0.1) is 10.0 Å². The van der Waals surface area contributed by atoms with Crippen LogP contribution in [0, 0.1) is 0 Å². The van der Waals surface area contributed by atoms with Gasteiger partial charge >= 0.3 is 0 Å². The molecule has 24 heavy (non-hydrogen) atoms. The molecule has 132 valence electrons. The quantitative estimate of drug-likeness (QED) is 0.751. The van der Waals surface area contributed by atoms with E-state index in [1.54, 1.807) is 6.07 Å². The van der Waals surface area contributed by atoms with Crippen LogP contribution in [0.15, 0.2) is 29.8 Å². The van der Waals surface area contributed by atoms with E-state index in [0.717, 1.165) is 38.0 Å². The first-order valence-electron chi connectivity index (χ1n) is 8.53. The molecule has 1 aliphatic rings. The summed E-state index contributed by atoms with van der Waals surface area (Å²) in [6.45, 7) is 7.33. The van der Waals surface area contributed by atoms with Crippen LogP contribution in [0.5, 0.6) is 0 Å². The van der Waals surface area contributed by atoms with E-state index in [2.05, 4.69) is 30.1 Å². The molecule has 2 rings (SSSR count). The van der Waals surface area contributed by atoms with Crippen molar-refractivity contribution in [2.75, 3.05) is 19.6 Å². The largest absolute Gasteiger partial charge is 0.353 e. The van der Waals surface area contributed by atoms with Crippen LogP contribution < -0.4 is 5.32 Å². The van der Waals surface area contributed by atoms with Gasteiger partial charge in [-0.1, -0.05) is 47.0 Å². The Labute approximate surface area is 155 Å². The second kappa shape index (κ2) is 9.45. The SMILES string of the molecule is CC(C)=CCN1CCC(NC(=O)CCc2cccc(Cl)c2Cl)CC1. The predicted molar refractivity (Wildman–Crippen MR) is 102 cm³/mol. The fourth-order valence-corrected chi connectivity index (χ4v) is 3.28. The lowest BCUT2D eigenvalue weighted by molar-refractivity contribution is -0.122. The Kier molecular flexibility index (Phi) is 7.60. The first-order chi connectivity index (χ1) is 11.5. The monoisotopic (exact) mass is 368 g/mol. The van der Waals surface area contributed by atoms with Crippen LogP contribution >= 0.6 is 23.2 Å². The maximum absolute atomic E-state index is 12.2. The Morgan fingerprint density at radius 2 is 2.00 bits per heavy atom. The van der Waals surface area contributed by atoms with Crippen LogP contribution in [-0.2, 0) is 11.2 Å². The molecule has 1 aliphatic heterocycles. The third-order valence-corrected chi connectivity index (χ3v) is 5.22. The number of benzene rings is 1. The zero-order valence-electron chi connectivity index (χ0n) is 14.4. The van der Waals surface area contributed by atoms with E-state index in [9.17, 15) is 4.79 Å². The molecule has 1 aromatic carbocycles. The zero-order valence-corrected chi connectivity index (χ0v) is 16.0. The van der Waals surface area contributed by atoms with Gasteiger partial charge in [0.2, 0.25) is 5.91 Å². The van der Waals surface area contributed by atoms with Crippen LogP contribution in [0.25, 0.3) is 0 Å². The second-order valence-corrected chi connectivity index (χ2v) is 7.42. The highest BCUT2D eigenvalue weighted by atomic mass is 35.5. The van der Waals surface area contributed by atoms with Gasteiger partial charge in [-0.05, 0) is 44.7 Å². The number of allylic oxidation sites excluding steroid dienone is 1. The topological polar surface area (TPSA) is 32.3 Å². The molecule has 0 radical (unpaired) electrons. The molecule has 0 unspecified atom stereocenters. The van der Waals surface area contributed by atoms with E-state index < -0.39 is 0 Å². The molecule has 5 heteroatoms. The van der Waals surface area contributed by atoms with Crippen molar-refractivity contribution in [1.29, 1.82) is 0 Å². The summed E-state index contributed by atoms with van der Waals surface area (Å²) in [4.78, 5) is 14.6. The van der Waals surface area contributed by atoms with Crippen molar-refractivity contribution in [1.82, 2.24) is 10.2 Å². The fourth-order valence-electron chi connectivity index (χ4n) is 2.86. The fraction of sp³-hybridized carbons (Fsp3) is 0.526. The van der Waals surface area contributed by atoms with E-state index in [-0.39, 0.29) is 11.9 Å². The molecule has 1 saturated heterocycles. The van der Waals surface area contributed by atoms with Crippen molar-refractivity contribution in [3.05, 3.63) is 45.5 Å². The van der Waals surface area contributed by atoms with E-state index in [1.807, 2.05) is 12.1 Å². The summed E-state index contributed by atoms with van der Waals surface area (Å²) in [5.41, 5.74) is 2.28. The summed E-state index contributed by atoms with van der Waals surface area (Å²) >= 11 is 12.2. The van der Waals surface area contributed by atoms with Crippen molar-refractivity contribution >= 4 is 29.1 Å². The Balaban J connectivity index is 1.72. The molecule has 0 aromatic heterocycles. The minimum absolute atomic E-state index is 0.0915. The number of piperidine rings is 1. The van der Waals surface area contributed by atoms with Gasteiger partial charge in [-0.3, -0.25) is 9.69 Å². The number of halogens is 2. The highest BCUT2D eigenvalue weighted by Gasteiger charge is 2.20.